The smallest absolute Gasteiger partial charge is 0.257 e. The molecule has 0 bridgehead atoms. The van der Waals surface area contributed by atoms with Crippen molar-refractivity contribution >= 4 is 5.91 Å². The molecule has 7 nitrogen and oxygen atoms in total. The van der Waals surface area contributed by atoms with Gasteiger partial charge in [0.2, 0.25) is 5.88 Å². The van der Waals surface area contributed by atoms with Gasteiger partial charge < -0.3 is 10.1 Å². The van der Waals surface area contributed by atoms with E-state index in [2.05, 4.69) is 20.5 Å². The average molecular weight is 323 g/mol. The maximum atomic E-state index is 12.7. The van der Waals surface area contributed by atoms with Gasteiger partial charge in [-0.2, -0.15) is 15.0 Å². The molecule has 1 amide bonds. The second-order valence-electron chi connectivity index (χ2n) is 5.08. The van der Waals surface area contributed by atoms with Gasteiger partial charge in [0.15, 0.2) is 0 Å². The monoisotopic (exact) mass is 323 g/mol. The Bertz CT molecular complexity index is 790. The predicted octanol–water partition coefficient (Wildman–Crippen LogP) is 1.85. The number of benzene rings is 1. The van der Waals surface area contributed by atoms with E-state index in [1.54, 1.807) is 35.5 Å². The Hall–Kier alpha value is -3.22. The standard InChI is InChI=1S/C17H17N5O2/c1-24-17-14(8-5-9-18-17)16(23)21-15(12-22-19-10-11-20-22)13-6-3-2-4-7-13/h2-11,15H,12H2,1H3,(H,21,23). The number of amides is 1. The van der Waals surface area contributed by atoms with Gasteiger partial charge in [-0.1, -0.05) is 30.3 Å². The number of carbonyl (C=O) groups excluding carboxylic acids is 1. The lowest BCUT2D eigenvalue weighted by atomic mass is 10.1. The van der Waals surface area contributed by atoms with Crippen LogP contribution in [0, 0.1) is 0 Å². The Labute approximate surface area is 139 Å². The van der Waals surface area contributed by atoms with Crippen LogP contribution in [0.1, 0.15) is 22.0 Å². The minimum Gasteiger partial charge on any atom is -0.480 e. The Morgan fingerprint density at radius 2 is 1.88 bits per heavy atom. The van der Waals surface area contributed by atoms with Crippen molar-refractivity contribution in [2.24, 2.45) is 0 Å². The maximum Gasteiger partial charge on any atom is 0.257 e. The number of methoxy groups -OCH3 is 1. The zero-order valence-corrected chi connectivity index (χ0v) is 13.2. The van der Waals surface area contributed by atoms with Crippen LogP contribution in [0.15, 0.2) is 61.1 Å². The van der Waals surface area contributed by atoms with E-state index >= 15 is 0 Å². The number of nitrogens with one attached hydrogen (secondary N) is 1. The normalized spacial score (nSPS) is 11.7. The number of aromatic nitrogens is 4. The van der Waals surface area contributed by atoms with Crippen LogP contribution >= 0.6 is 0 Å². The van der Waals surface area contributed by atoms with Crippen LogP contribution in [0.4, 0.5) is 0 Å². The average Bonchev–Trinajstić information content (AvgIpc) is 3.15. The van der Waals surface area contributed by atoms with E-state index in [4.69, 9.17) is 4.74 Å². The van der Waals surface area contributed by atoms with Gasteiger partial charge in [-0.15, -0.1) is 0 Å². The van der Waals surface area contributed by atoms with Crippen molar-refractivity contribution in [3.8, 4) is 5.88 Å². The fourth-order valence-electron chi connectivity index (χ4n) is 2.38. The lowest BCUT2D eigenvalue weighted by molar-refractivity contribution is 0.0927. The molecule has 1 N–H and O–H groups in total. The zero-order valence-electron chi connectivity index (χ0n) is 13.2. The Morgan fingerprint density at radius 1 is 1.12 bits per heavy atom. The van der Waals surface area contributed by atoms with Gasteiger partial charge in [0.1, 0.15) is 5.56 Å². The number of hydrogen-bond acceptors (Lipinski definition) is 5. The van der Waals surface area contributed by atoms with Crippen molar-refractivity contribution in [3.63, 3.8) is 0 Å². The van der Waals surface area contributed by atoms with Crippen LogP contribution in [0.5, 0.6) is 5.88 Å². The van der Waals surface area contributed by atoms with Crippen molar-refractivity contribution in [2.75, 3.05) is 7.11 Å². The summed E-state index contributed by atoms with van der Waals surface area (Å²) in [6, 6.07) is 12.8. The summed E-state index contributed by atoms with van der Waals surface area (Å²) in [6.45, 7) is 0.422. The SMILES string of the molecule is COc1ncccc1C(=O)NC(Cn1nccn1)c1ccccc1. The lowest BCUT2D eigenvalue weighted by Gasteiger charge is -2.19. The third-order valence-corrected chi connectivity index (χ3v) is 3.53. The summed E-state index contributed by atoms with van der Waals surface area (Å²) >= 11 is 0. The summed E-state index contributed by atoms with van der Waals surface area (Å²) in [6.07, 6.45) is 4.79. The van der Waals surface area contributed by atoms with Crippen molar-refractivity contribution in [1.82, 2.24) is 25.3 Å². The third-order valence-electron chi connectivity index (χ3n) is 3.53. The minimum atomic E-state index is -0.281. The highest BCUT2D eigenvalue weighted by Crippen LogP contribution is 2.18. The second-order valence-corrected chi connectivity index (χ2v) is 5.08. The van der Waals surface area contributed by atoms with Crippen molar-refractivity contribution in [3.05, 3.63) is 72.2 Å². The van der Waals surface area contributed by atoms with Gasteiger partial charge in [-0.05, 0) is 17.7 Å². The molecule has 0 fully saturated rings. The van der Waals surface area contributed by atoms with Crippen molar-refractivity contribution < 1.29 is 9.53 Å². The number of hydrogen-bond donors (Lipinski definition) is 1. The van der Waals surface area contributed by atoms with E-state index in [1.807, 2.05) is 30.3 Å². The van der Waals surface area contributed by atoms with E-state index < -0.39 is 0 Å². The van der Waals surface area contributed by atoms with E-state index in [9.17, 15) is 4.79 Å². The fourth-order valence-corrected chi connectivity index (χ4v) is 2.38. The minimum absolute atomic E-state index is 0.263. The first-order valence-corrected chi connectivity index (χ1v) is 7.47. The first kappa shape index (κ1) is 15.7. The zero-order chi connectivity index (χ0) is 16.8. The first-order valence-electron chi connectivity index (χ1n) is 7.47. The molecule has 0 spiro atoms. The number of rotatable bonds is 6. The van der Waals surface area contributed by atoms with Crippen molar-refractivity contribution in [1.29, 1.82) is 0 Å². The van der Waals surface area contributed by atoms with Crippen molar-refractivity contribution in [2.45, 2.75) is 12.6 Å². The summed E-state index contributed by atoms with van der Waals surface area (Å²) in [5.41, 5.74) is 1.35. The third kappa shape index (κ3) is 3.57. The lowest BCUT2D eigenvalue weighted by Crippen LogP contribution is -2.32. The van der Waals surface area contributed by atoms with Crippen LogP contribution < -0.4 is 10.1 Å². The summed E-state index contributed by atoms with van der Waals surface area (Å²) in [7, 11) is 1.49. The Morgan fingerprint density at radius 3 is 2.58 bits per heavy atom. The molecule has 3 aromatic rings. The molecule has 0 radical (unpaired) electrons. The van der Waals surface area contributed by atoms with E-state index in [-0.39, 0.29) is 11.9 Å². The Kier molecular flexibility index (Phi) is 4.81. The first-order chi connectivity index (χ1) is 11.8. The van der Waals surface area contributed by atoms with Gasteiger partial charge in [0.05, 0.1) is 32.1 Å². The Balaban J connectivity index is 1.84. The second kappa shape index (κ2) is 7.36. The summed E-state index contributed by atoms with van der Waals surface area (Å²) in [4.78, 5) is 18.3. The van der Waals surface area contributed by atoms with Gasteiger partial charge in [-0.3, -0.25) is 4.79 Å². The van der Waals surface area contributed by atoms with Crippen LogP contribution in [-0.4, -0.2) is 33.0 Å². The number of pyridine rings is 1. The molecule has 1 unspecified atom stereocenters. The molecule has 3 rings (SSSR count). The molecule has 7 heteroatoms. The van der Waals surface area contributed by atoms with Gasteiger partial charge >= 0.3 is 0 Å². The van der Waals surface area contributed by atoms with E-state index in [0.29, 0.717) is 18.0 Å². The van der Waals surface area contributed by atoms with Gasteiger partial charge in [-0.25, -0.2) is 4.98 Å². The quantitative estimate of drug-likeness (QED) is 0.748. The summed E-state index contributed by atoms with van der Waals surface area (Å²) < 4.78 is 5.16. The van der Waals surface area contributed by atoms with Gasteiger partial charge in [0.25, 0.3) is 5.91 Å². The molecule has 122 valence electrons. The number of ether oxygens (including phenoxy) is 1. The fraction of sp³-hybridized carbons (Fsp3) is 0.176. The molecular formula is C17H17N5O2. The molecular weight excluding hydrogens is 306 g/mol. The highest BCUT2D eigenvalue weighted by Gasteiger charge is 2.19. The molecule has 1 aromatic carbocycles. The molecule has 2 heterocycles. The highest BCUT2D eigenvalue weighted by molar-refractivity contribution is 5.96. The molecule has 0 aliphatic carbocycles. The number of nitrogens with zero attached hydrogens (tertiary/aromatic N) is 4. The molecule has 0 saturated carbocycles. The molecule has 2 aromatic heterocycles. The maximum absolute atomic E-state index is 12.7. The molecule has 24 heavy (non-hydrogen) atoms. The van der Waals surface area contributed by atoms with Gasteiger partial charge in [0, 0.05) is 6.20 Å². The topological polar surface area (TPSA) is 81.9 Å². The van der Waals surface area contributed by atoms with Crippen LogP contribution in [0.25, 0.3) is 0 Å². The number of carbonyl (C=O) groups is 1. The molecule has 0 aliphatic heterocycles. The largest absolute Gasteiger partial charge is 0.480 e. The van der Waals surface area contributed by atoms with Crippen LogP contribution in [0.3, 0.4) is 0 Å². The highest BCUT2D eigenvalue weighted by atomic mass is 16.5. The summed E-state index contributed by atoms with van der Waals surface area (Å²) in [5, 5.41) is 11.2. The van der Waals surface area contributed by atoms with Crippen LogP contribution in [-0.2, 0) is 6.54 Å². The predicted molar refractivity (Wildman–Crippen MR) is 87.5 cm³/mol. The molecule has 0 aliphatic rings. The van der Waals surface area contributed by atoms with E-state index in [0.717, 1.165) is 5.56 Å². The van der Waals surface area contributed by atoms with E-state index in [1.165, 1.54) is 7.11 Å². The molecule has 0 saturated heterocycles. The molecule has 1 atom stereocenters. The summed E-state index contributed by atoms with van der Waals surface area (Å²) in [5.74, 6) is 0.0278. The van der Waals surface area contributed by atoms with Crippen LogP contribution in [0.2, 0.25) is 0 Å².